The summed E-state index contributed by atoms with van der Waals surface area (Å²) in [6.45, 7) is 3.33. The molecule has 0 saturated carbocycles. The lowest BCUT2D eigenvalue weighted by Gasteiger charge is -2.14. The van der Waals surface area contributed by atoms with Crippen LogP contribution in [0.1, 0.15) is 32.6 Å². The topological polar surface area (TPSA) is 71.6 Å². The third kappa shape index (κ3) is 3.88. The number of carbonyl (C=O) groups excluding carboxylic acids is 1. The van der Waals surface area contributed by atoms with Gasteiger partial charge in [-0.25, -0.2) is 5.43 Å². The largest absolute Gasteiger partial charge is 0.490 e. The van der Waals surface area contributed by atoms with Crippen molar-refractivity contribution in [1.82, 2.24) is 10.9 Å². The maximum Gasteiger partial charge on any atom is 0.242 e. The Bertz CT molecular complexity index is 582. The zero-order valence-corrected chi connectivity index (χ0v) is 13.9. The summed E-state index contributed by atoms with van der Waals surface area (Å²) in [4.78, 5) is 12.4. The summed E-state index contributed by atoms with van der Waals surface area (Å²) in [6, 6.07) is 3.48. The zero-order chi connectivity index (χ0) is 16.2. The van der Waals surface area contributed by atoms with E-state index in [0.717, 1.165) is 25.7 Å². The van der Waals surface area contributed by atoms with Gasteiger partial charge in [0.15, 0.2) is 11.5 Å². The highest BCUT2D eigenvalue weighted by Gasteiger charge is 2.29. The molecule has 7 heteroatoms. The molecule has 2 atom stereocenters. The van der Waals surface area contributed by atoms with Gasteiger partial charge in [0.25, 0.3) is 0 Å². The van der Waals surface area contributed by atoms with Crippen LogP contribution in [0.5, 0.6) is 11.5 Å². The lowest BCUT2D eigenvalue weighted by atomic mass is 10.1. The number of hydrogen-bond acceptors (Lipinski definition) is 5. The van der Waals surface area contributed by atoms with Crippen LogP contribution in [0.15, 0.2) is 12.1 Å². The van der Waals surface area contributed by atoms with Crippen LogP contribution in [0.4, 0.5) is 5.69 Å². The van der Waals surface area contributed by atoms with Crippen molar-refractivity contribution >= 4 is 23.2 Å². The van der Waals surface area contributed by atoms with Crippen LogP contribution < -0.4 is 25.6 Å². The van der Waals surface area contributed by atoms with Crippen LogP contribution in [0.25, 0.3) is 0 Å². The molecule has 0 aliphatic carbocycles. The van der Waals surface area contributed by atoms with Crippen molar-refractivity contribution in [3.63, 3.8) is 0 Å². The fourth-order valence-electron chi connectivity index (χ4n) is 2.83. The van der Waals surface area contributed by atoms with Gasteiger partial charge in [-0.15, -0.1) is 0 Å². The molecule has 2 aliphatic rings. The molecule has 6 nitrogen and oxygen atoms in total. The van der Waals surface area contributed by atoms with Crippen molar-refractivity contribution in [2.45, 2.75) is 44.7 Å². The molecule has 2 unspecified atom stereocenters. The molecule has 3 N–H and O–H groups in total. The first-order chi connectivity index (χ1) is 11.2. The molecule has 2 aliphatic heterocycles. The van der Waals surface area contributed by atoms with Gasteiger partial charge in [-0.1, -0.05) is 24.9 Å². The maximum atomic E-state index is 12.4. The second-order valence-electron chi connectivity index (χ2n) is 5.88. The third-order valence-corrected chi connectivity index (χ3v) is 4.34. The lowest BCUT2D eigenvalue weighted by molar-refractivity contribution is -0.117. The van der Waals surface area contributed by atoms with Gasteiger partial charge in [-0.05, 0) is 12.8 Å². The predicted molar refractivity (Wildman–Crippen MR) is 89.1 cm³/mol. The van der Waals surface area contributed by atoms with Crippen LogP contribution in [0, 0.1) is 0 Å². The van der Waals surface area contributed by atoms with E-state index in [1.54, 1.807) is 12.1 Å². The Labute approximate surface area is 140 Å². The van der Waals surface area contributed by atoms with Crippen LogP contribution in [0.2, 0.25) is 5.02 Å². The van der Waals surface area contributed by atoms with Crippen molar-refractivity contribution in [3.8, 4) is 11.5 Å². The lowest BCUT2D eigenvalue weighted by Crippen LogP contribution is -2.40. The molecule has 23 heavy (non-hydrogen) atoms. The molecule has 1 amide bonds. The van der Waals surface area contributed by atoms with E-state index in [1.807, 2.05) is 0 Å². The molecule has 0 bridgehead atoms. The molecule has 1 aromatic rings. The van der Waals surface area contributed by atoms with Crippen molar-refractivity contribution in [2.24, 2.45) is 0 Å². The summed E-state index contributed by atoms with van der Waals surface area (Å²) in [6.07, 6.45) is 3.72. The summed E-state index contributed by atoms with van der Waals surface area (Å²) < 4.78 is 11.2. The summed E-state index contributed by atoms with van der Waals surface area (Å²) >= 11 is 6.26. The van der Waals surface area contributed by atoms with Crippen LogP contribution in [-0.4, -0.2) is 31.2 Å². The Balaban J connectivity index is 1.68. The number of amides is 1. The Morgan fingerprint density at radius 2 is 2.04 bits per heavy atom. The van der Waals surface area contributed by atoms with E-state index in [9.17, 15) is 4.79 Å². The molecule has 0 aromatic heterocycles. The van der Waals surface area contributed by atoms with Crippen LogP contribution in [-0.2, 0) is 4.79 Å². The molecule has 126 valence electrons. The minimum absolute atomic E-state index is 0.104. The van der Waals surface area contributed by atoms with E-state index in [4.69, 9.17) is 21.1 Å². The molecule has 1 fully saturated rings. The average molecular weight is 340 g/mol. The molecule has 1 saturated heterocycles. The average Bonchev–Trinajstić information content (AvgIpc) is 2.88. The first-order valence-electron chi connectivity index (χ1n) is 8.08. The molecular weight excluding hydrogens is 318 g/mol. The van der Waals surface area contributed by atoms with Gasteiger partial charge in [-0.3, -0.25) is 10.2 Å². The molecule has 0 radical (unpaired) electrons. The number of anilines is 1. The summed E-state index contributed by atoms with van der Waals surface area (Å²) in [5.41, 5.74) is 6.74. The van der Waals surface area contributed by atoms with Crippen molar-refractivity contribution < 1.29 is 14.3 Å². The number of carbonyl (C=O) groups is 1. The Kier molecular flexibility index (Phi) is 5.25. The highest BCUT2D eigenvalue weighted by molar-refractivity contribution is 6.34. The number of ether oxygens (including phenoxy) is 2. The van der Waals surface area contributed by atoms with Crippen LogP contribution in [0.3, 0.4) is 0 Å². The molecular formula is C16H22ClN3O3. The number of benzene rings is 1. The van der Waals surface area contributed by atoms with Gasteiger partial charge in [0.1, 0.15) is 6.04 Å². The van der Waals surface area contributed by atoms with Crippen LogP contribution >= 0.6 is 11.6 Å². The standard InChI is InChI=1S/C16H22ClN3O3/c1-2-4-10-7-13(20-19-10)16(21)18-12-9-15-14(8-11(12)17)22-5-3-6-23-15/h8-10,13,19-20H,2-7H2,1H3,(H,18,21). The highest BCUT2D eigenvalue weighted by Crippen LogP contribution is 2.37. The third-order valence-electron chi connectivity index (χ3n) is 4.03. The zero-order valence-electron chi connectivity index (χ0n) is 13.2. The number of hydrogen-bond donors (Lipinski definition) is 3. The second kappa shape index (κ2) is 7.38. The van der Waals surface area contributed by atoms with Gasteiger partial charge >= 0.3 is 0 Å². The maximum absolute atomic E-state index is 12.4. The van der Waals surface area contributed by atoms with Gasteiger partial charge in [0.05, 0.1) is 23.9 Å². The van der Waals surface area contributed by atoms with Crippen molar-refractivity contribution in [2.75, 3.05) is 18.5 Å². The van der Waals surface area contributed by atoms with Gasteiger partial charge in [0.2, 0.25) is 5.91 Å². The fraction of sp³-hybridized carbons (Fsp3) is 0.562. The first-order valence-corrected chi connectivity index (χ1v) is 8.46. The minimum Gasteiger partial charge on any atom is -0.490 e. The molecule has 2 heterocycles. The van der Waals surface area contributed by atoms with E-state index in [2.05, 4.69) is 23.1 Å². The summed E-state index contributed by atoms with van der Waals surface area (Å²) in [5.74, 6) is 1.13. The highest BCUT2D eigenvalue weighted by atomic mass is 35.5. The fourth-order valence-corrected chi connectivity index (χ4v) is 3.03. The Morgan fingerprint density at radius 3 is 2.78 bits per heavy atom. The van der Waals surface area contributed by atoms with E-state index in [0.29, 0.717) is 41.5 Å². The minimum atomic E-state index is -0.265. The number of hydrazine groups is 1. The van der Waals surface area contributed by atoms with Gasteiger partial charge in [-0.2, -0.15) is 0 Å². The summed E-state index contributed by atoms with van der Waals surface area (Å²) in [5, 5.41) is 3.32. The Hall–Kier alpha value is -1.50. The van der Waals surface area contributed by atoms with Gasteiger partial charge < -0.3 is 14.8 Å². The number of halogens is 1. The van der Waals surface area contributed by atoms with E-state index >= 15 is 0 Å². The predicted octanol–water partition coefficient (Wildman–Crippen LogP) is 2.47. The summed E-state index contributed by atoms with van der Waals surface area (Å²) in [7, 11) is 0. The molecule has 0 spiro atoms. The quantitative estimate of drug-likeness (QED) is 0.786. The number of rotatable bonds is 4. The van der Waals surface area contributed by atoms with E-state index in [1.165, 1.54) is 0 Å². The molecule has 1 aromatic carbocycles. The first kappa shape index (κ1) is 16.4. The smallest absolute Gasteiger partial charge is 0.242 e. The number of fused-ring (bicyclic) bond motifs is 1. The Morgan fingerprint density at radius 1 is 1.30 bits per heavy atom. The van der Waals surface area contributed by atoms with E-state index in [-0.39, 0.29) is 11.9 Å². The normalized spacial score (nSPS) is 23.4. The second-order valence-corrected chi connectivity index (χ2v) is 6.29. The molecule has 3 rings (SSSR count). The van der Waals surface area contributed by atoms with Crippen molar-refractivity contribution in [3.05, 3.63) is 17.2 Å². The van der Waals surface area contributed by atoms with Crippen molar-refractivity contribution in [1.29, 1.82) is 0 Å². The van der Waals surface area contributed by atoms with Gasteiger partial charge in [0, 0.05) is 24.6 Å². The number of nitrogens with one attached hydrogen (secondary N) is 3. The monoisotopic (exact) mass is 339 g/mol. The van der Waals surface area contributed by atoms with E-state index < -0.39 is 0 Å². The SMILES string of the molecule is CCCC1CC(C(=O)Nc2cc3c(cc2Cl)OCCCO3)NN1.